The van der Waals surface area contributed by atoms with Gasteiger partial charge in [0.15, 0.2) is 0 Å². The predicted molar refractivity (Wildman–Crippen MR) is 75.8 cm³/mol. The fourth-order valence-electron chi connectivity index (χ4n) is 3.35. The molecule has 18 heavy (non-hydrogen) atoms. The maximum Gasteiger partial charge on any atom is 0.123 e. The Morgan fingerprint density at radius 3 is 2.67 bits per heavy atom. The molecule has 1 aromatic rings. The predicted octanol–water partition coefficient (Wildman–Crippen LogP) is 3.83. The molecule has 1 saturated carbocycles. The minimum absolute atomic E-state index is 0.0809. The highest BCUT2D eigenvalue weighted by Crippen LogP contribution is 2.49. The molecule has 1 aliphatic carbocycles. The molecule has 2 nitrogen and oxygen atoms in total. The smallest absolute Gasteiger partial charge is 0.123 e. The van der Waals surface area contributed by atoms with Crippen LogP contribution in [-0.4, -0.2) is 7.11 Å². The van der Waals surface area contributed by atoms with Gasteiger partial charge in [-0.3, -0.25) is 0 Å². The molecule has 2 atom stereocenters. The van der Waals surface area contributed by atoms with Gasteiger partial charge in [0.05, 0.1) is 7.11 Å². The van der Waals surface area contributed by atoms with Crippen LogP contribution in [0.5, 0.6) is 5.75 Å². The van der Waals surface area contributed by atoms with E-state index in [1.165, 1.54) is 24.8 Å². The zero-order valence-corrected chi connectivity index (χ0v) is 12.0. The Morgan fingerprint density at radius 2 is 2.11 bits per heavy atom. The molecule has 2 heteroatoms. The first-order valence-electron chi connectivity index (χ1n) is 6.86. The first-order valence-corrected chi connectivity index (χ1v) is 6.86. The average molecular weight is 247 g/mol. The molecule has 1 fully saturated rings. The number of hydrogen-bond donors (Lipinski definition) is 1. The molecule has 2 N–H and O–H groups in total. The summed E-state index contributed by atoms with van der Waals surface area (Å²) in [6, 6.07) is 6.37. The first-order chi connectivity index (χ1) is 8.45. The van der Waals surface area contributed by atoms with E-state index in [9.17, 15) is 0 Å². The molecule has 0 amide bonds. The fourth-order valence-corrected chi connectivity index (χ4v) is 3.35. The van der Waals surface area contributed by atoms with Crippen molar-refractivity contribution in [2.24, 2.45) is 17.1 Å². The van der Waals surface area contributed by atoms with E-state index in [1.807, 2.05) is 6.07 Å². The van der Waals surface area contributed by atoms with Crippen LogP contribution >= 0.6 is 0 Å². The van der Waals surface area contributed by atoms with Crippen LogP contribution in [-0.2, 0) is 0 Å². The summed E-state index contributed by atoms with van der Waals surface area (Å²) in [5.41, 5.74) is 9.29. The highest BCUT2D eigenvalue weighted by Gasteiger charge is 2.39. The van der Waals surface area contributed by atoms with E-state index in [-0.39, 0.29) is 6.04 Å². The zero-order valence-electron chi connectivity index (χ0n) is 12.0. The van der Waals surface area contributed by atoms with E-state index in [2.05, 4.69) is 32.9 Å². The third-order valence-corrected chi connectivity index (χ3v) is 4.52. The van der Waals surface area contributed by atoms with E-state index < -0.39 is 0 Å². The average Bonchev–Trinajstić information content (AvgIpc) is 2.68. The Morgan fingerprint density at radius 1 is 1.39 bits per heavy atom. The van der Waals surface area contributed by atoms with Crippen molar-refractivity contribution in [1.29, 1.82) is 0 Å². The van der Waals surface area contributed by atoms with Crippen molar-refractivity contribution < 1.29 is 4.74 Å². The Hall–Kier alpha value is -1.02. The van der Waals surface area contributed by atoms with Crippen molar-refractivity contribution in [3.63, 3.8) is 0 Å². The summed E-state index contributed by atoms with van der Waals surface area (Å²) in [5.74, 6) is 1.48. The number of ether oxygens (including phenoxy) is 1. The van der Waals surface area contributed by atoms with Gasteiger partial charge in [-0.05, 0) is 37.2 Å². The third-order valence-electron chi connectivity index (χ3n) is 4.52. The van der Waals surface area contributed by atoms with Crippen molar-refractivity contribution in [1.82, 2.24) is 0 Å². The summed E-state index contributed by atoms with van der Waals surface area (Å²) in [5, 5.41) is 0. The van der Waals surface area contributed by atoms with Gasteiger partial charge >= 0.3 is 0 Å². The number of methoxy groups -OCH3 is 1. The number of benzene rings is 1. The van der Waals surface area contributed by atoms with Crippen LogP contribution in [0, 0.1) is 18.3 Å². The molecule has 0 saturated heterocycles. The van der Waals surface area contributed by atoms with Crippen LogP contribution in [0.4, 0.5) is 0 Å². The molecule has 0 radical (unpaired) electrons. The normalized spacial score (nSPS) is 23.9. The largest absolute Gasteiger partial charge is 0.496 e. The molecule has 0 spiro atoms. The highest BCUT2D eigenvalue weighted by atomic mass is 16.5. The van der Waals surface area contributed by atoms with E-state index in [0.717, 1.165) is 11.3 Å². The summed E-state index contributed by atoms with van der Waals surface area (Å²) in [4.78, 5) is 0. The number of hydrogen-bond acceptors (Lipinski definition) is 2. The lowest BCUT2D eigenvalue weighted by Gasteiger charge is -2.33. The second-order valence-electron chi connectivity index (χ2n) is 6.26. The molecule has 2 rings (SSSR count). The molecule has 1 aromatic carbocycles. The van der Waals surface area contributed by atoms with Crippen molar-refractivity contribution in [2.75, 3.05) is 7.11 Å². The molecule has 0 aromatic heterocycles. The Balaban J connectivity index is 2.33. The van der Waals surface area contributed by atoms with Crippen LogP contribution in [0.3, 0.4) is 0 Å². The van der Waals surface area contributed by atoms with Gasteiger partial charge in [-0.25, -0.2) is 0 Å². The molecule has 1 aliphatic rings. The minimum atomic E-state index is 0.0809. The Bertz CT molecular complexity index is 425. The topological polar surface area (TPSA) is 35.2 Å². The van der Waals surface area contributed by atoms with Crippen LogP contribution in [0.1, 0.15) is 50.3 Å². The lowest BCUT2D eigenvalue weighted by molar-refractivity contribution is 0.219. The van der Waals surface area contributed by atoms with E-state index in [1.54, 1.807) is 7.11 Å². The fraction of sp³-hybridized carbons (Fsp3) is 0.625. The minimum Gasteiger partial charge on any atom is -0.496 e. The van der Waals surface area contributed by atoms with Crippen LogP contribution < -0.4 is 10.5 Å². The van der Waals surface area contributed by atoms with Crippen molar-refractivity contribution in [2.45, 2.75) is 46.1 Å². The molecule has 0 aliphatic heterocycles. The van der Waals surface area contributed by atoms with Crippen molar-refractivity contribution in [3.8, 4) is 5.75 Å². The summed E-state index contributed by atoms with van der Waals surface area (Å²) in [7, 11) is 1.72. The second-order valence-corrected chi connectivity index (χ2v) is 6.26. The molecule has 100 valence electrons. The van der Waals surface area contributed by atoms with Crippen LogP contribution in [0.2, 0.25) is 0 Å². The number of nitrogens with two attached hydrogens (primary N) is 1. The summed E-state index contributed by atoms with van der Waals surface area (Å²) >= 11 is 0. The molecule has 0 bridgehead atoms. The quantitative estimate of drug-likeness (QED) is 0.881. The lowest BCUT2D eigenvalue weighted by atomic mass is 9.75. The van der Waals surface area contributed by atoms with Gasteiger partial charge in [-0.15, -0.1) is 0 Å². The highest BCUT2D eigenvalue weighted by molar-refractivity contribution is 5.39. The van der Waals surface area contributed by atoms with Gasteiger partial charge in [0, 0.05) is 11.6 Å². The third kappa shape index (κ3) is 2.39. The number of aryl methyl sites for hydroxylation is 1. The monoisotopic (exact) mass is 247 g/mol. The van der Waals surface area contributed by atoms with E-state index in [0.29, 0.717) is 11.3 Å². The SMILES string of the molecule is COc1ccc(C)cc1C(N)C1CCCC1(C)C. The lowest BCUT2D eigenvalue weighted by Crippen LogP contribution is -2.30. The molecular weight excluding hydrogens is 222 g/mol. The molecule has 2 unspecified atom stereocenters. The van der Waals surface area contributed by atoms with Gasteiger partial charge in [-0.1, -0.05) is 38.0 Å². The van der Waals surface area contributed by atoms with E-state index >= 15 is 0 Å². The molecule has 0 heterocycles. The molecular formula is C16H25NO. The first kappa shape index (κ1) is 13.4. The standard InChI is InChI=1S/C16H25NO/c1-11-7-8-14(18-4)12(10-11)15(17)13-6-5-9-16(13,2)3/h7-8,10,13,15H,5-6,9,17H2,1-4H3. The summed E-state index contributed by atoms with van der Waals surface area (Å²) < 4.78 is 5.47. The second kappa shape index (κ2) is 4.93. The zero-order chi connectivity index (χ0) is 13.3. The van der Waals surface area contributed by atoms with Crippen molar-refractivity contribution in [3.05, 3.63) is 29.3 Å². The van der Waals surface area contributed by atoms with Gasteiger partial charge < -0.3 is 10.5 Å². The maximum absolute atomic E-state index is 6.54. The van der Waals surface area contributed by atoms with Crippen LogP contribution in [0.15, 0.2) is 18.2 Å². The Kier molecular flexibility index (Phi) is 3.67. The van der Waals surface area contributed by atoms with E-state index in [4.69, 9.17) is 10.5 Å². The summed E-state index contributed by atoms with van der Waals surface area (Å²) in [6.07, 6.45) is 3.80. The van der Waals surface area contributed by atoms with Gasteiger partial charge in [0.2, 0.25) is 0 Å². The van der Waals surface area contributed by atoms with Gasteiger partial charge in [-0.2, -0.15) is 0 Å². The number of rotatable bonds is 3. The summed E-state index contributed by atoms with van der Waals surface area (Å²) in [6.45, 7) is 6.79. The Labute approximate surface area is 111 Å². The van der Waals surface area contributed by atoms with Gasteiger partial charge in [0.1, 0.15) is 5.75 Å². The van der Waals surface area contributed by atoms with Gasteiger partial charge in [0.25, 0.3) is 0 Å². The maximum atomic E-state index is 6.54. The van der Waals surface area contributed by atoms with Crippen LogP contribution in [0.25, 0.3) is 0 Å². The van der Waals surface area contributed by atoms with Crippen molar-refractivity contribution >= 4 is 0 Å².